The Morgan fingerprint density at radius 1 is 1.50 bits per heavy atom. The summed E-state index contributed by atoms with van der Waals surface area (Å²) in [5.41, 5.74) is 0.511. The molecule has 0 spiro atoms. The summed E-state index contributed by atoms with van der Waals surface area (Å²) in [5, 5.41) is 4.16. The molecule has 1 aliphatic heterocycles. The molecule has 1 aromatic rings. The first-order valence-corrected chi connectivity index (χ1v) is 9.54. The Hall–Kier alpha value is -0.940. The van der Waals surface area contributed by atoms with Crippen molar-refractivity contribution in [3.63, 3.8) is 0 Å². The maximum atomic E-state index is 12.4. The molecule has 24 heavy (non-hydrogen) atoms. The van der Waals surface area contributed by atoms with Crippen molar-refractivity contribution < 1.29 is 9.53 Å². The van der Waals surface area contributed by atoms with Gasteiger partial charge in [0.15, 0.2) is 0 Å². The Morgan fingerprint density at radius 3 is 2.88 bits per heavy atom. The molecule has 2 rings (SSSR count). The fourth-order valence-electron chi connectivity index (χ4n) is 2.99. The van der Waals surface area contributed by atoms with Gasteiger partial charge >= 0.3 is 6.09 Å². The van der Waals surface area contributed by atoms with Crippen LogP contribution in [-0.4, -0.2) is 35.2 Å². The standard InChI is InChI=1S/C18H26BrClN2O2/c1-12(21-15-9-5-8-14(20)16(15)19)11-13-7-6-10-22(13)17(23)24-18(2,3)4/h5,8-9,12-13,21H,6-7,10-11H2,1-4H3. The monoisotopic (exact) mass is 416 g/mol. The summed E-state index contributed by atoms with van der Waals surface area (Å²) in [4.78, 5) is 14.2. The molecule has 2 atom stereocenters. The summed E-state index contributed by atoms with van der Waals surface area (Å²) in [5.74, 6) is 0. The third kappa shape index (κ3) is 5.28. The normalized spacial score (nSPS) is 19.2. The van der Waals surface area contributed by atoms with E-state index >= 15 is 0 Å². The number of nitrogens with zero attached hydrogens (tertiary/aromatic N) is 1. The maximum Gasteiger partial charge on any atom is 0.410 e. The van der Waals surface area contributed by atoms with E-state index in [1.165, 1.54) is 0 Å². The lowest BCUT2D eigenvalue weighted by atomic mass is 10.1. The number of ether oxygens (including phenoxy) is 1. The van der Waals surface area contributed by atoms with Crippen LogP contribution in [0.5, 0.6) is 0 Å². The van der Waals surface area contributed by atoms with Gasteiger partial charge in [-0.1, -0.05) is 17.7 Å². The first kappa shape index (κ1) is 19.4. The van der Waals surface area contributed by atoms with Crippen LogP contribution in [0.25, 0.3) is 0 Å². The molecule has 6 heteroatoms. The zero-order chi connectivity index (χ0) is 17.9. The minimum Gasteiger partial charge on any atom is -0.444 e. The zero-order valence-corrected chi connectivity index (χ0v) is 17.1. The molecule has 1 amide bonds. The molecule has 0 bridgehead atoms. The lowest BCUT2D eigenvalue weighted by Crippen LogP contribution is -2.41. The Bertz CT molecular complexity index is 589. The van der Waals surface area contributed by atoms with Gasteiger partial charge in [-0.2, -0.15) is 0 Å². The van der Waals surface area contributed by atoms with Crippen molar-refractivity contribution in [2.45, 2.75) is 64.6 Å². The Morgan fingerprint density at radius 2 is 2.21 bits per heavy atom. The largest absolute Gasteiger partial charge is 0.444 e. The smallest absolute Gasteiger partial charge is 0.410 e. The van der Waals surface area contributed by atoms with Gasteiger partial charge in [0.05, 0.1) is 15.2 Å². The van der Waals surface area contributed by atoms with Crippen LogP contribution in [0.2, 0.25) is 5.02 Å². The summed E-state index contributed by atoms with van der Waals surface area (Å²) < 4.78 is 6.40. The zero-order valence-electron chi connectivity index (χ0n) is 14.7. The molecular weight excluding hydrogens is 392 g/mol. The van der Waals surface area contributed by atoms with Crippen molar-refractivity contribution >= 4 is 39.3 Å². The summed E-state index contributed by atoms with van der Waals surface area (Å²) in [6.07, 6.45) is 2.71. The van der Waals surface area contributed by atoms with E-state index in [1.54, 1.807) is 0 Å². The molecule has 1 N–H and O–H groups in total. The molecule has 1 aromatic carbocycles. The highest BCUT2D eigenvalue weighted by Crippen LogP contribution is 2.31. The van der Waals surface area contributed by atoms with E-state index in [2.05, 4.69) is 28.2 Å². The fourth-order valence-corrected chi connectivity index (χ4v) is 3.54. The fraction of sp³-hybridized carbons (Fsp3) is 0.611. The van der Waals surface area contributed by atoms with Crippen LogP contribution in [0.1, 0.15) is 47.0 Å². The number of hydrogen-bond donors (Lipinski definition) is 1. The summed E-state index contributed by atoms with van der Waals surface area (Å²) in [7, 11) is 0. The molecule has 0 aliphatic carbocycles. The first-order valence-electron chi connectivity index (χ1n) is 8.37. The van der Waals surface area contributed by atoms with Crippen molar-refractivity contribution in [3.05, 3.63) is 27.7 Å². The molecule has 1 aliphatic rings. The maximum absolute atomic E-state index is 12.4. The molecule has 1 fully saturated rings. The van der Waals surface area contributed by atoms with Gasteiger partial charge in [0, 0.05) is 18.6 Å². The van der Waals surface area contributed by atoms with E-state index in [0.717, 1.165) is 36.0 Å². The highest BCUT2D eigenvalue weighted by Gasteiger charge is 2.32. The SMILES string of the molecule is CC(CC1CCCN1C(=O)OC(C)(C)C)Nc1cccc(Cl)c1Br. The van der Waals surface area contributed by atoms with Crippen molar-refractivity contribution in [1.29, 1.82) is 0 Å². The van der Waals surface area contributed by atoms with Crippen molar-refractivity contribution in [1.82, 2.24) is 4.90 Å². The highest BCUT2D eigenvalue weighted by molar-refractivity contribution is 9.10. The highest BCUT2D eigenvalue weighted by atomic mass is 79.9. The van der Waals surface area contributed by atoms with Crippen LogP contribution >= 0.6 is 27.5 Å². The van der Waals surface area contributed by atoms with Crippen LogP contribution in [-0.2, 0) is 4.74 Å². The minimum absolute atomic E-state index is 0.207. The summed E-state index contributed by atoms with van der Waals surface area (Å²) in [6.45, 7) is 8.59. The molecule has 0 radical (unpaired) electrons. The predicted molar refractivity (Wildman–Crippen MR) is 103 cm³/mol. The number of benzene rings is 1. The number of anilines is 1. The number of likely N-dealkylation sites (tertiary alicyclic amines) is 1. The number of hydrogen-bond acceptors (Lipinski definition) is 3. The van der Waals surface area contributed by atoms with E-state index in [4.69, 9.17) is 16.3 Å². The quantitative estimate of drug-likeness (QED) is 0.684. The number of halogens is 2. The predicted octanol–water partition coefficient (Wildman–Crippen LogP) is 5.69. The van der Waals surface area contributed by atoms with Crippen LogP contribution in [0, 0.1) is 0 Å². The lowest BCUT2D eigenvalue weighted by Gasteiger charge is -2.30. The second-order valence-corrected chi connectivity index (χ2v) is 8.55. The average Bonchev–Trinajstić information content (AvgIpc) is 2.90. The van der Waals surface area contributed by atoms with Gasteiger partial charge < -0.3 is 15.0 Å². The van der Waals surface area contributed by atoms with E-state index < -0.39 is 5.60 Å². The summed E-state index contributed by atoms with van der Waals surface area (Å²) in [6, 6.07) is 6.19. The van der Waals surface area contributed by atoms with Crippen LogP contribution < -0.4 is 5.32 Å². The van der Waals surface area contributed by atoms with Gasteiger partial charge in [0.1, 0.15) is 5.60 Å². The number of amides is 1. The number of carbonyl (C=O) groups excluding carboxylic acids is 1. The van der Waals surface area contributed by atoms with Gasteiger partial charge in [0.2, 0.25) is 0 Å². The third-order valence-corrected chi connectivity index (χ3v) is 5.38. The Balaban J connectivity index is 1.96. The van der Waals surface area contributed by atoms with Gasteiger partial charge in [-0.25, -0.2) is 4.79 Å². The molecular formula is C18H26BrClN2O2. The van der Waals surface area contributed by atoms with E-state index in [9.17, 15) is 4.79 Å². The Labute approximate surface area is 158 Å². The van der Waals surface area contributed by atoms with Crippen LogP contribution in [0.4, 0.5) is 10.5 Å². The molecule has 1 saturated heterocycles. The second kappa shape index (κ2) is 7.96. The summed E-state index contributed by atoms with van der Waals surface area (Å²) >= 11 is 9.65. The van der Waals surface area contributed by atoms with Crippen molar-refractivity contribution in [2.24, 2.45) is 0 Å². The van der Waals surface area contributed by atoms with Gasteiger partial charge in [0.25, 0.3) is 0 Å². The second-order valence-electron chi connectivity index (χ2n) is 7.35. The van der Waals surface area contributed by atoms with Crippen molar-refractivity contribution in [2.75, 3.05) is 11.9 Å². The van der Waals surface area contributed by atoms with E-state index in [-0.39, 0.29) is 18.2 Å². The lowest BCUT2D eigenvalue weighted by molar-refractivity contribution is 0.0218. The number of rotatable bonds is 4. The van der Waals surface area contributed by atoms with Crippen molar-refractivity contribution in [3.8, 4) is 0 Å². The van der Waals surface area contributed by atoms with Crippen LogP contribution in [0.3, 0.4) is 0 Å². The van der Waals surface area contributed by atoms with Gasteiger partial charge in [-0.15, -0.1) is 0 Å². The number of nitrogens with one attached hydrogen (secondary N) is 1. The molecule has 0 saturated carbocycles. The van der Waals surface area contributed by atoms with Gasteiger partial charge in [-0.05, 0) is 75.0 Å². The van der Waals surface area contributed by atoms with Gasteiger partial charge in [-0.3, -0.25) is 0 Å². The molecule has 4 nitrogen and oxygen atoms in total. The molecule has 1 heterocycles. The minimum atomic E-state index is -0.459. The third-order valence-electron chi connectivity index (χ3n) is 3.98. The first-order chi connectivity index (χ1) is 11.2. The Kier molecular flexibility index (Phi) is 6.43. The topological polar surface area (TPSA) is 41.6 Å². The van der Waals surface area contributed by atoms with E-state index in [0.29, 0.717) is 5.02 Å². The number of carbonyl (C=O) groups is 1. The van der Waals surface area contributed by atoms with E-state index in [1.807, 2.05) is 43.9 Å². The average molecular weight is 418 g/mol. The molecule has 134 valence electrons. The van der Waals surface area contributed by atoms with Crippen LogP contribution in [0.15, 0.2) is 22.7 Å². The molecule has 2 unspecified atom stereocenters. The molecule has 0 aromatic heterocycles.